The molecule has 0 spiro atoms. The number of aromatic hydroxyl groups is 6. The van der Waals surface area contributed by atoms with E-state index in [-0.39, 0.29) is 28.0 Å². The third-order valence-electron chi connectivity index (χ3n) is 6.61. The molecule has 42 heavy (non-hydrogen) atoms. The summed E-state index contributed by atoms with van der Waals surface area (Å²) < 4.78 is 22.4. The first-order valence-corrected chi connectivity index (χ1v) is 12.3. The maximum Gasteiger partial charge on any atom is 0.338 e. The number of aliphatic hydroxyl groups is 2. The molecule has 220 valence electrons. The maximum absolute atomic E-state index is 13.6. The molecule has 0 unspecified atom stereocenters. The molecular formula is C28H24O14. The van der Waals surface area contributed by atoms with E-state index in [0.717, 1.165) is 24.3 Å². The highest BCUT2D eigenvalue weighted by Gasteiger charge is 2.47. The van der Waals surface area contributed by atoms with Crippen LogP contribution in [0.3, 0.4) is 0 Å². The molecule has 0 aliphatic carbocycles. The zero-order valence-corrected chi connectivity index (χ0v) is 21.5. The molecule has 14 heteroatoms. The second-order valence-corrected chi connectivity index (χ2v) is 9.52. The van der Waals surface area contributed by atoms with E-state index in [2.05, 4.69) is 0 Å². The van der Waals surface area contributed by atoms with Crippen molar-refractivity contribution in [3.63, 3.8) is 0 Å². The van der Waals surface area contributed by atoms with Gasteiger partial charge in [0.05, 0.1) is 11.7 Å². The Bertz CT molecular complexity index is 1700. The van der Waals surface area contributed by atoms with Crippen molar-refractivity contribution in [1.29, 1.82) is 0 Å². The van der Waals surface area contributed by atoms with Crippen molar-refractivity contribution in [2.24, 2.45) is 0 Å². The molecule has 1 aromatic heterocycles. The number of phenolic OH excluding ortho intramolecular Hbond substituents is 6. The van der Waals surface area contributed by atoms with Crippen LogP contribution in [0.4, 0.5) is 0 Å². The number of ether oxygens (including phenoxy) is 3. The molecule has 0 bridgehead atoms. The molecule has 1 saturated heterocycles. The summed E-state index contributed by atoms with van der Waals surface area (Å²) in [5, 5.41) is 80.2. The Hall–Kier alpha value is -5.18. The summed E-state index contributed by atoms with van der Waals surface area (Å²) in [5.41, 5.74) is -1.37. The summed E-state index contributed by atoms with van der Waals surface area (Å²) in [6, 6.07) is 8.93. The molecular weight excluding hydrogens is 560 g/mol. The molecule has 1 aliphatic rings. The molecule has 1 aliphatic heterocycles. The van der Waals surface area contributed by atoms with E-state index in [1.807, 2.05) is 0 Å². The molecule has 3 aromatic carbocycles. The normalized spacial score (nSPS) is 22.1. The summed E-state index contributed by atoms with van der Waals surface area (Å²) >= 11 is 0. The lowest BCUT2D eigenvalue weighted by molar-refractivity contribution is -0.267. The highest BCUT2D eigenvalue weighted by atomic mass is 16.7. The van der Waals surface area contributed by atoms with Crippen molar-refractivity contribution < 1.29 is 64.3 Å². The molecule has 2 heterocycles. The van der Waals surface area contributed by atoms with E-state index in [1.54, 1.807) is 0 Å². The van der Waals surface area contributed by atoms with E-state index in [9.17, 15) is 50.4 Å². The van der Waals surface area contributed by atoms with Crippen LogP contribution in [0.15, 0.2) is 57.7 Å². The summed E-state index contributed by atoms with van der Waals surface area (Å²) in [4.78, 5) is 26.3. The minimum Gasteiger partial charge on any atom is -0.508 e. The fourth-order valence-corrected chi connectivity index (χ4v) is 4.44. The number of rotatable bonds is 5. The van der Waals surface area contributed by atoms with Crippen molar-refractivity contribution >= 4 is 16.9 Å². The van der Waals surface area contributed by atoms with Crippen LogP contribution in [0.25, 0.3) is 22.3 Å². The SMILES string of the molecule is C[C@H]1O[C@H](Oc2c(-c3ccc(O)cc3)oc3cc(O)cc(O)c3c2=O)[C@@H](O)[C@@H](OC(=O)c2cc(O)c(O)c(O)c2)[C@H]1O. The molecule has 14 nitrogen and oxygen atoms in total. The van der Waals surface area contributed by atoms with Gasteiger partial charge in [0, 0.05) is 17.7 Å². The van der Waals surface area contributed by atoms with Gasteiger partial charge in [-0.25, -0.2) is 4.79 Å². The van der Waals surface area contributed by atoms with Gasteiger partial charge in [-0.2, -0.15) is 0 Å². The van der Waals surface area contributed by atoms with E-state index in [1.165, 1.54) is 31.2 Å². The van der Waals surface area contributed by atoms with Gasteiger partial charge in [-0.3, -0.25) is 4.79 Å². The summed E-state index contributed by atoms with van der Waals surface area (Å²) in [6.07, 6.45) is -8.18. The van der Waals surface area contributed by atoms with Crippen LogP contribution in [0, 0.1) is 0 Å². The zero-order valence-electron chi connectivity index (χ0n) is 21.5. The molecule has 5 rings (SSSR count). The molecule has 1 fully saturated rings. The van der Waals surface area contributed by atoms with Gasteiger partial charge >= 0.3 is 5.97 Å². The zero-order chi connectivity index (χ0) is 30.5. The minimum atomic E-state index is -1.93. The van der Waals surface area contributed by atoms with Gasteiger partial charge < -0.3 is 59.5 Å². The lowest BCUT2D eigenvalue weighted by atomic mass is 9.99. The van der Waals surface area contributed by atoms with Crippen molar-refractivity contribution in [3.05, 3.63) is 64.3 Å². The Morgan fingerprint density at radius 3 is 2.12 bits per heavy atom. The van der Waals surface area contributed by atoms with Gasteiger partial charge in [-0.05, 0) is 43.3 Å². The largest absolute Gasteiger partial charge is 0.508 e. The van der Waals surface area contributed by atoms with Gasteiger partial charge in [0.2, 0.25) is 17.5 Å². The first-order valence-electron chi connectivity index (χ1n) is 12.3. The number of esters is 1. The summed E-state index contributed by atoms with van der Waals surface area (Å²) in [6.45, 7) is 1.37. The monoisotopic (exact) mass is 584 g/mol. The number of hydrogen-bond donors (Lipinski definition) is 8. The standard InChI is InChI=1S/C28H24O14/c1-10-20(34)25(41-27(38)12-6-16(32)21(35)17(33)7-12)23(37)28(39-10)42-26-22(36)19-15(31)8-14(30)9-18(19)40-24(26)11-2-4-13(29)5-3-11/h2-10,20,23,25,28-35,37H,1H3/t10-,20+,23+,25+,28-/m1/s1. The number of phenols is 6. The van der Waals surface area contributed by atoms with E-state index < -0.39 is 82.2 Å². The van der Waals surface area contributed by atoms with Crippen molar-refractivity contribution in [3.8, 4) is 51.6 Å². The van der Waals surface area contributed by atoms with Crippen LogP contribution in [0.5, 0.6) is 40.2 Å². The Morgan fingerprint density at radius 2 is 1.48 bits per heavy atom. The third kappa shape index (κ3) is 5.05. The first-order chi connectivity index (χ1) is 19.8. The molecule has 5 atom stereocenters. The maximum atomic E-state index is 13.6. The predicted octanol–water partition coefficient (Wildman–Crippen LogP) is 1.76. The fraction of sp³-hybridized carbons (Fsp3) is 0.214. The number of aliphatic hydroxyl groups excluding tert-OH is 2. The molecule has 0 radical (unpaired) electrons. The lowest BCUT2D eigenvalue weighted by Crippen LogP contribution is -2.59. The van der Waals surface area contributed by atoms with E-state index in [0.29, 0.717) is 0 Å². The first kappa shape index (κ1) is 28.4. The Kier molecular flexibility index (Phi) is 7.20. The Labute approximate surface area is 235 Å². The average Bonchev–Trinajstić information content (AvgIpc) is 2.93. The van der Waals surface area contributed by atoms with Crippen LogP contribution in [0.1, 0.15) is 17.3 Å². The second-order valence-electron chi connectivity index (χ2n) is 9.52. The summed E-state index contributed by atoms with van der Waals surface area (Å²) in [7, 11) is 0. The lowest BCUT2D eigenvalue weighted by Gasteiger charge is -2.40. The van der Waals surface area contributed by atoms with Gasteiger partial charge in [-0.15, -0.1) is 0 Å². The second kappa shape index (κ2) is 10.7. The molecule has 0 amide bonds. The number of carbonyl (C=O) groups excluding carboxylic acids is 1. The fourth-order valence-electron chi connectivity index (χ4n) is 4.44. The average molecular weight is 584 g/mol. The minimum absolute atomic E-state index is 0.103. The van der Waals surface area contributed by atoms with Crippen LogP contribution >= 0.6 is 0 Å². The van der Waals surface area contributed by atoms with Crippen LogP contribution in [-0.4, -0.2) is 77.5 Å². The quantitative estimate of drug-likeness (QED) is 0.123. The topological polar surface area (TPSA) is 237 Å². The number of fused-ring (bicyclic) bond motifs is 1. The molecule has 4 aromatic rings. The van der Waals surface area contributed by atoms with Crippen LogP contribution in [-0.2, 0) is 9.47 Å². The molecule has 8 N–H and O–H groups in total. The summed E-state index contributed by atoms with van der Waals surface area (Å²) in [5.74, 6) is -5.69. The highest BCUT2D eigenvalue weighted by molar-refractivity contribution is 5.91. The molecule has 0 saturated carbocycles. The number of benzene rings is 3. The van der Waals surface area contributed by atoms with Gasteiger partial charge in [-0.1, -0.05) is 0 Å². The predicted molar refractivity (Wildman–Crippen MR) is 141 cm³/mol. The van der Waals surface area contributed by atoms with Gasteiger partial charge in [0.15, 0.2) is 35.2 Å². The highest BCUT2D eigenvalue weighted by Crippen LogP contribution is 2.38. The number of carbonyl (C=O) groups is 1. The van der Waals surface area contributed by atoms with Gasteiger partial charge in [0.1, 0.15) is 34.3 Å². The van der Waals surface area contributed by atoms with Crippen molar-refractivity contribution in [2.45, 2.75) is 37.6 Å². The third-order valence-corrected chi connectivity index (χ3v) is 6.61. The van der Waals surface area contributed by atoms with Gasteiger partial charge in [0.25, 0.3) is 0 Å². The Morgan fingerprint density at radius 1 is 0.833 bits per heavy atom. The van der Waals surface area contributed by atoms with Crippen molar-refractivity contribution in [1.82, 2.24) is 0 Å². The smallest absolute Gasteiger partial charge is 0.338 e. The van der Waals surface area contributed by atoms with Crippen LogP contribution in [0.2, 0.25) is 0 Å². The van der Waals surface area contributed by atoms with Crippen molar-refractivity contribution in [2.75, 3.05) is 0 Å². The van der Waals surface area contributed by atoms with E-state index >= 15 is 0 Å². The Balaban J connectivity index is 1.53. The van der Waals surface area contributed by atoms with Crippen LogP contribution < -0.4 is 10.2 Å². The van der Waals surface area contributed by atoms with E-state index in [4.69, 9.17) is 18.6 Å². The number of hydrogen-bond acceptors (Lipinski definition) is 14.